The van der Waals surface area contributed by atoms with Crippen LogP contribution in [-0.4, -0.2) is 33.5 Å². The third kappa shape index (κ3) is 3.87. The van der Waals surface area contributed by atoms with Gasteiger partial charge in [0.1, 0.15) is 5.82 Å². The van der Waals surface area contributed by atoms with Gasteiger partial charge in [-0.3, -0.25) is 14.3 Å². The maximum atomic E-state index is 13.2. The SMILES string of the molecule is C[C@@H](c1cnn(C)c1)N(C)C(=O)C(=O)Nc1cc(F)ccc1Cl. The molecule has 0 saturated carbocycles. The van der Waals surface area contributed by atoms with Crippen LogP contribution in [0.25, 0.3) is 0 Å². The van der Waals surface area contributed by atoms with E-state index in [1.807, 2.05) is 0 Å². The van der Waals surface area contributed by atoms with Crippen LogP contribution in [0.5, 0.6) is 0 Å². The number of rotatable bonds is 3. The highest BCUT2D eigenvalue weighted by atomic mass is 35.5. The quantitative estimate of drug-likeness (QED) is 0.874. The summed E-state index contributed by atoms with van der Waals surface area (Å²) < 4.78 is 14.8. The molecule has 2 aromatic rings. The fourth-order valence-corrected chi connectivity index (χ4v) is 2.15. The van der Waals surface area contributed by atoms with Crippen molar-refractivity contribution in [1.82, 2.24) is 14.7 Å². The lowest BCUT2D eigenvalue weighted by Crippen LogP contribution is -2.38. The van der Waals surface area contributed by atoms with Gasteiger partial charge in [-0.2, -0.15) is 5.10 Å². The molecule has 122 valence electrons. The third-order valence-electron chi connectivity index (χ3n) is 3.48. The van der Waals surface area contributed by atoms with Gasteiger partial charge in [0.15, 0.2) is 0 Å². The number of aromatic nitrogens is 2. The zero-order valence-electron chi connectivity index (χ0n) is 12.9. The van der Waals surface area contributed by atoms with Crippen molar-refractivity contribution in [2.75, 3.05) is 12.4 Å². The number of carbonyl (C=O) groups excluding carboxylic acids is 2. The van der Waals surface area contributed by atoms with Crippen LogP contribution in [0.15, 0.2) is 30.6 Å². The lowest BCUT2D eigenvalue weighted by molar-refractivity contribution is -0.143. The number of hydrogen-bond acceptors (Lipinski definition) is 3. The first-order chi connectivity index (χ1) is 10.8. The van der Waals surface area contributed by atoms with Crippen LogP contribution >= 0.6 is 11.6 Å². The summed E-state index contributed by atoms with van der Waals surface area (Å²) in [6.07, 6.45) is 3.38. The van der Waals surface area contributed by atoms with Crippen molar-refractivity contribution >= 4 is 29.1 Å². The molecule has 1 N–H and O–H groups in total. The average Bonchev–Trinajstić information content (AvgIpc) is 2.95. The van der Waals surface area contributed by atoms with Crippen LogP contribution < -0.4 is 5.32 Å². The average molecular weight is 339 g/mol. The molecule has 1 heterocycles. The summed E-state index contributed by atoms with van der Waals surface area (Å²) >= 11 is 5.87. The molecule has 0 radical (unpaired) electrons. The number of halogens is 2. The van der Waals surface area contributed by atoms with E-state index < -0.39 is 17.6 Å². The zero-order valence-corrected chi connectivity index (χ0v) is 13.6. The van der Waals surface area contributed by atoms with E-state index in [1.165, 1.54) is 18.0 Å². The summed E-state index contributed by atoms with van der Waals surface area (Å²) in [5.74, 6) is -2.22. The summed E-state index contributed by atoms with van der Waals surface area (Å²) in [7, 11) is 3.27. The first kappa shape index (κ1) is 17.0. The van der Waals surface area contributed by atoms with Crippen LogP contribution in [0.1, 0.15) is 18.5 Å². The second-order valence-corrected chi connectivity index (χ2v) is 5.52. The van der Waals surface area contributed by atoms with E-state index in [1.54, 1.807) is 31.0 Å². The van der Waals surface area contributed by atoms with Gasteiger partial charge in [-0.1, -0.05) is 11.6 Å². The highest BCUT2D eigenvalue weighted by Gasteiger charge is 2.25. The van der Waals surface area contributed by atoms with Crippen molar-refractivity contribution in [3.05, 3.63) is 47.0 Å². The minimum atomic E-state index is -0.893. The van der Waals surface area contributed by atoms with Crippen molar-refractivity contribution < 1.29 is 14.0 Å². The van der Waals surface area contributed by atoms with E-state index in [2.05, 4.69) is 10.4 Å². The third-order valence-corrected chi connectivity index (χ3v) is 3.81. The number of likely N-dealkylation sites (N-methyl/N-ethyl adjacent to an activating group) is 1. The van der Waals surface area contributed by atoms with E-state index >= 15 is 0 Å². The van der Waals surface area contributed by atoms with Gasteiger partial charge < -0.3 is 10.2 Å². The molecule has 0 aliphatic heterocycles. The maximum absolute atomic E-state index is 13.2. The molecule has 0 saturated heterocycles. The Morgan fingerprint density at radius 3 is 2.74 bits per heavy atom. The predicted octanol–water partition coefficient (Wildman–Crippen LogP) is 2.37. The molecule has 1 aromatic heterocycles. The van der Waals surface area contributed by atoms with E-state index in [9.17, 15) is 14.0 Å². The summed E-state index contributed by atoms with van der Waals surface area (Å²) in [4.78, 5) is 25.5. The topological polar surface area (TPSA) is 67.2 Å². The van der Waals surface area contributed by atoms with Gasteiger partial charge in [0.05, 0.1) is 22.9 Å². The monoisotopic (exact) mass is 338 g/mol. The van der Waals surface area contributed by atoms with Crippen LogP contribution in [0, 0.1) is 5.82 Å². The molecule has 0 unspecified atom stereocenters. The molecular weight excluding hydrogens is 323 g/mol. The second-order valence-electron chi connectivity index (χ2n) is 5.12. The number of amides is 2. The lowest BCUT2D eigenvalue weighted by Gasteiger charge is -2.23. The van der Waals surface area contributed by atoms with Gasteiger partial charge >= 0.3 is 11.8 Å². The molecule has 0 aliphatic rings. The van der Waals surface area contributed by atoms with Crippen LogP contribution in [-0.2, 0) is 16.6 Å². The molecule has 2 rings (SSSR count). The van der Waals surface area contributed by atoms with Crippen LogP contribution in [0.2, 0.25) is 5.02 Å². The van der Waals surface area contributed by atoms with Gasteiger partial charge in [0, 0.05) is 25.9 Å². The molecular formula is C15H16ClFN4O2. The van der Waals surface area contributed by atoms with Crippen LogP contribution in [0.4, 0.5) is 10.1 Å². The fourth-order valence-electron chi connectivity index (χ4n) is 1.98. The summed E-state index contributed by atoms with van der Waals surface area (Å²) in [5, 5.41) is 6.50. The molecule has 8 heteroatoms. The number of nitrogens with one attached hydrogen (secondary N) is 1. The Morgan fingerprint density at radius 2 is 2.13 bits per heavy atom. The minimum Gasteiger partial charge on any atom is -0.331 e. The lowest BCUT2D eigenvalue weighted by atomic mass is 10.1. The smallest absolute Gasteiger partial charge is 0.313 e. The van der Waals surface area contributed by atoms with E-state index in [0.29, 0.717) is 0 Å². The first-order valence-electron chi connectivity index (χ1n) is 6.81. The molecule has 0 fully saturated rings. The Balaban J connectivity index is 2.09. The van der Waals surface area contributed by atoms with Gasteiger partial charge in [-0.15, -0.1) is 0 Å². The van der Waals surface area contributed by atoms with E-state index in [0.717, 1.165) is 17.7 Å². The van der Waals surface area contributed by atoms with E-state index in [4.69, 9.17) is 11.6 Å². The van der Waals surface area contributed by atoms with Crippen molar-refractivity contribution in [2.24, 2.45) is 7.05 Å². The van der Waals surface area contributed by atoms with Gasteiger partial charge in [-0.25, -0.2) is 4.39 Å². The number of aryl methyl sites for hydroxylation is 1. The molecule has 1 atom stereocenters. The zero-order chi connectivity index (χ0) is 17.1. The number of hydrogen-bond donors (Lipinski definition) is 1. The minimum absolute atomic E-state index is 0.0486. The highest BCUT2D eigenvalue weighted by molar-refractivity contribution is 6.41. The standard InChI is InChI=1S/C15H16ClFN4O2/c1-9(10-7-18-20(2)8-10)21(3)15(23)14(22)19-13-6-11(17)4-5-12(13)16/h4-9H,1-3H3,(H,19,22)/t9-/m0/s1. The predicted molar refractivity (Wildman–Crippen MR) is 84.4 cm³/mol. The molecule has 23 heavy (non-hydrogen) atoms. The molecule has 1 aromatic carbocycles. The molecule has 0 spiro atoms. The Kier molecular flexibility index (Phi) is 5.00. The summed E-state index contributed by atoms with van der Waals surface area (Å²) in [5.41, 5.74) is 0.840. The van der Waals surface area contributed by atoms with Crippen molar-refractivity contribution in [3.8, 4) is 0 Å². The highest BCUT2D eigenvalue weighted by Crippen LogP contribution is 2.23. The normalized spacial score (nSPS) is 11.9. The van der Waals surface area contributed by atoms with Gasteiger partial charge in [-0.05, 0) is 25.1 Å². The number of nitrogens with zero attached hydrogens (tertiary/aromatic N) is 3. The number of anilines is 1. The number of carbonyl (C=O) groups is 2. The number of benzene rings is 1. The molecule has 6 nitrogen and oxygen atoms in total. The second kappa shape index (κ2) is 6.78. The van der Waals surface area contributed by atoms with Crippen molar-refractivity contribution in [3.63, 3.8) is 0 Å². The van der Waals surface area contributed by atoms with Gasteiger partial charge in [0.25, 0.3) is 0 Å². The summed E-state index contributed by atoms with van der Waals surface area (Å²) in [6, 6.07) is 3.18. The maximum Gasteiger partial charge on any atom is 0.313 e. The van der Waals surface area contributed by atoms with E-state index in [-0.39, 0.29) is 16.8 Å². The first-order valence-corrected chi connectivity index (χ1v) is 7.19. The van der Waals surface area contributed by atoms with Gasteiger partial charge in [0.2, 0.25) is 0 Å². The Hall–Kier alpha value is -2.41. The largest absolute Gasteiger partial charge is 0.331 e. The summed E-state index contributed by atoms with van der Waals surface area (Å²) in [6.45, 7) is 1.78. The Labute approximate surface area is 137 Å². The van der Waals surface area contributed by atoms with Crippen LogP contribution in [0.3, 0.4) is 0 Å². The van der Waals surface area contributed by atoms with Crippen molar-refractivity contribution in [1.29, 1.82) is 0 Å². The molecule has 2 amide bonds. The Morgan fingerprint density at radius 1 is 1.43 bits per heavy atom. The van der Waals surface area contributed by atoms with Crippen molar-refractivity contribution in [2.45, 2.75) is 13.0 Å². The fraction of sp³-hybridized carbons (Fsp3) is 0.267. The molecule has 0 bridgehead atoms. The Bertz CT molecular complexity index is 747. The molecule has 0 aliphatic carbocycles.